The molecule has 0 spiro atoms. The second-order valence-corrected chi connectivity index (χ2v) is 8.77. The molecule has 160 valence electrons. The van der Waals surface area contributed by atoms with Crippen LogP contribution in [0.5, 0.6) is 0 Å². The minimum atomic E-state index is -4.82. The number of esters is 1. The van der Waals surface area contributed by atoms with Crippen LogP contribution in [0.25, 0.3) is 23.0 Å². The van der Waals surface area contributed by atoms with Crippen molar-refractivity contribution < 1.29 is 35.6 Å². The molecule has 2 heterocycles. The molecule has 0 unspecified atom stereocenters. The predicted octanol–water partition coefficient (Wildman–Crippen LogP) is 2.96. The summed E-state index contributed by atoms with van der Waals surface area (Å²) in [7, 11) is -2.43. The molecule has 1 aromatic carbocycles. The number of alkyl halides is 3. The summed E-state index contributed by atoms with van der Waals surface area (Å²) < 4.78 is 73.0. The van der Waals surface area contributed by atoms with Gasteiger partial charge in [0.25, 0.3) is 5.89 Å². The quantitative estimate of drug-likeness (QED) is 0.482. The highest BCUT2D eigenvalue weighted by Gasteiger charge is 2.40. The van der Waals surface area contributed by atoms with Gasteiger partial charge in [-0.25, -0.2) is 13.1 Å². The van der Waals surface area contributed by atoms with Crippen LogP contribution in [0.3, 0.4) is 0 Å². The zero-order valence-corrected chi connectivity index (χ0v) is 17.7. The van der Waals surface area contributed by atoms with E-state index in [1.165, 1.54) is 24.3 Å². The molecule has 0 saturated heterocycles. The first-order valence-corrected chi connectivity index (χ1v) is 10.6. The largest absolute Gasteiger partial charge is 0.468 e. The molecule has 3 rings (SSSR count). The van der Waals surface area contributed by atoms with Crippen molar-refractivity contribution in [1.82, 2.24) is 19.9 Å². The summed E-state index contributed by atoms with van der Waals surface area (Å²) in [5, 5.41) is 7.11. The van der Waals surface area contributed by atoms with Gasteiger partial charge in [0.05, 0.1) is 16.5 Å². The SMILES string of the molecule is COC(=O)Cn1nc(C(F)(F)F)c(Br)c1-c1nc(-c2cccc(S(C)(=O)=O)c2)no1. The number of aromatic nitrogens is 4. The molecule has 0 fully saturated rings. The molecule has 0 radical (unpaired) electrons. The lowest BCUT2D eigenvalue weighted by molar-refractivity contribution is -0.144. The van der Waals surface area contributed by atoms with E-state index in [9.17, 15) is 26.4 Å². The number of sulfone groups is 1. The third-order valence-electron chi connectivity index (χ3n) is 3.82. The van der Waals surface area contributed by atoms with Gasteiger partial charge in [-0.05, 0) is 28.1 Å². The number of carbonyl (C=O) groups is 1. The molecule has 0 aliphatic carbocycles. The van der Waals surface area contributed by atoms with Crippen LogP contribution >= 0.6 is 15.9 Å². The van der Waals surface area contributed by atoms with Crippen LogP contribution in [0.1, 0.15) is 5.69 Å². The van der Waals surface area contributed by atoms with Crippen molar-refractivity contribution in [3.8, 4) is 23.0 Å². The fourth-order valence-corrected chi connectivity index (χ4v) is 3.77. The Morgan fingerprint density at radius 3 is 2.63 bits per heavy atom. The summed E-state index contributed by atoms with van der Waals surface area (Å²) in [6.07, 6.45) is -3.80. The Kier molecular flexibility index (Phi) is 5.73. The van der Waals surface area contributed by atoms with Gasteiger partial charge in [-0.1, -0.05) is 17.3 Å². The minimum absolute atomic E-state index is 0.00243. The first-order valence-electron chi connectivity index (χ1n) is 7.96. The maximum atomic E-state index is 13.3. The van der Waals surface area contributed by atoms with E-state index in [1.807, 2.05) is 0 Å². The van der Waals surface area contributed by atoms with Crippen LogP contribution in [0.4, 0.5) is 13.2 Å². The van der Waals surface area contributed by atoms with E-state index in [4.69, 9.17) is 4.52 Å². The highest BCUT2D eigenvalue weighted by Crippen LogP contribution is 2.39. The lowest BCUT2D eigenvalue weighted by atomic mass is 10.2. The summed E-state index contributed by atoms with van der Waals surface area (Å²) in [6.45, 7) is -0.637. The summed E-state index contributed by atoms with van der Waals surface area (Å²) in [4.78, 5) is 15.6. The van der Waals surface area contributed by atoms with Crippen molar-refractivity contribution in [2.24, 2.45) is 0 Å². The summed E-state index contributed by atoms with van der Waals surface area (Å²) in [6, 6.07) is 5.63. The van der Waals surface area contributed by atoms with Crippen LogP contribution in [0.2, 0.25) is 0 Å². The van der Waals surface area contributed by atoms with Crippen molar-refractivity contribution in [3.63, 3.8) is 0 Å². The van der Waals surface area contributed by atoms with Crippen molar-refractivity contribution in [2.45, 2.75) is 17.6 Å². The Bertz CT molecular complexity index is 1220. The van der Waals surface area contributed by atoms with Crippen molar-refractivity contribution in [3.05, 3.63) is 34.4 Å². The topological polar surface area (TPSA) is 117 Å². The monoisotopic (exact) mass is 508 g/mol. The third-order valence-corrected chi connectivity index (χ3v) is 5.68. The van der Waals surface area contributed by atoms with Crippen LogP contribution in [0, 0.1) is 0 Å². The predicted molar refractivity (Wildman–Crippen MR) is 98.8 cm³/mol. The number of rotatable bonds is 5. The van der Waals surface area contributed by atoms with E-state index in [0.717, 1.165) is 18.0 Å². The number of methoxy groups -OCH3 is 1. The van der Waals surface area contributed by atoms with Crippen LogP contribution < -0.4 is 0 Å². The highest BCUT2D eigenvalue weighted by atomic mass is 79.9. The van der Waals surface area contributed by atoms with Crippen LogP contribution in [0.15, 0.2) is 38.2 Å². The number of nitrogens with zero attached hydrogens (tertiary/aromatic N) is 4. The van der Waals surface area contributed by atoms with Gasteiger partial charge in [-0.15, -0.1) is 0 Å². The molecule has 0 bridgehead atoms. The molecule has 0 saturated carbocycles. The molecule has 0 atom stereocenters. The third kappa shape index (κ3) is 4.38. The van der Waals surface area contributed by atoms with Gasteiger partial charge in [-0.2, -0.15) is 23.3 Å². The van der Waals surface area contributed by atoms with Gasteiger partial charge in [-0.3, -0.25) is 4.79 Å². The first-order chi connectivity index (χ1) is 13.9. The fourth-order valence-electron chi connectivity index (χ4n) is 2.43. The van der Waals surface area contributed by atoms with Gasteiger partial charge < -0.3 is 9.26 Å². The summed E-state index contributed by atoms with van der Waals surface area (Å²) in [5.41, 5.74) is -1.31. The number of benzene rings is 1. The molecule has 9 nitrogen and oxygen atoms in total. The molecule has 2 aromatic heterocycles. The zero-order chi connectivity index (χ0) is 22.3. The number of halogens is 4. The van der Waals surface area contributed by atoms with E-state index in [0.29, 0.717) is 0 Å². The average Bonchev–Trinajstić information content (AvgIpc) is 3.25. The highest BCUT2D eigenvalue weighted by molar-refractivity contribution is 9.10. The van der Waals surface area contributed by atoms with Gasteiger partial charge >= 0.3 is 12.1 Å². The van der Waals surface area contributed by atoms with Crippen LogP contribution in [-0.4, -0.2) is 47.7 Å². The van der Waals surface area contributed by atoms with Crippen molar-refractivity contribution >= 4 is 31.7 Å². The molecule has 30 heavy (non-hydrogen) atoms. The van der Waals surface area contributed by atoms with E-state index in [-0.39, 0.29) is 27.9 Å². The van der Waals surface area contributed by atoms with Gasteiger partial charge in [0.1, 0.15) is 12.2 Å². The standard InChI is InChI=1S/C16H12BrF3N4O5S/c1-28-10(25)7-24-12(11(17)13(22-24)16(18,19)20)15-21-14(23-29-15)8-4-3-5-9(6-8)30(2,26)27/h3-6H,7H2,1-2H3. The molecule has 0 amide bonds. The molecule has 0 N–H and O–H groups in total. The molecule has 3 aromatic rings. The van der Waals surface area contributed by atoms with Gasteiger partial charge in [0, 0.05) is 11.8 Å². The lowest BCUT2D eigenvalue weighted by Gasteiger charge is -2.03. The molecule has 14 heteroatoms. The van der Waals surface area contributed by atoms with Gasteiger partial charge in [0.2, 0.25) is 5.82 Å². The average molecular weight is 509 g/mol. The number of hydrogen-bond donors (Lipinski definition) is 0. The van der Waals surface area contributed by atoms with Crippen LogP contribution in [-0.2, 0) is 32.1 Å². The maximum absolute atomic E-state index is 13.3. The van der Waals surface area contributed by atoms with Crippen molar-refractivity contribution in [1.29, 1.82) is 0 Å². The first kappa shape index (κ1) is 22.0. The van der Waals surface area contributed by atoms with Crippen molar-refractivity contribution in [2.75, 3.05) is 13.4 Å². The minimum Gasteiger partial charge on any atom is -0.468 e. The number of hydrogen-bond acceptors (Lipinski definition) is 8. The van der Waals surface area contributed by atoms with Gasteiger partial charge in [0.15, 0.2) is 15.5 Å². The summed E-state index contributed by atoms with van der Waals surface area (Å²) in [5.74, 6) is -1.28. The smallest absolute Gasteiger partial charge is 0.436 e. The van der Waals surface area contributed by atoms with E-state index in [1.54, 1.807) is 0 Å². The Morgan fingerprint density at radius 2 is 2.03 bits per heavy atom. The molecule has 0 aliphatic rings. The lowest BCUT2D eigenvalue weighted by Crippen LogP contribution is -2.15. The zero-order valence-electron chi connectivity index (χ0n) is 15.3. The van der Waals surface area contributed by atoms with E-state index in [2.05, 4.69) is 35.9 Å². The van der Waals surface area contributed by atoms with E-state index < -0.39 is 38.7 Å². The maximum Gasteiger partial charge on any atom is 0.436 e. The fraction of sp³-hybridized carbons (Fsp3) is 0.250. The number of ether oxygens (including phenoxy) is 1. The summed E-state index contributed by atoms with van der Waals surface area (Å²) >= 11 is 2.83. The van der Waals surface area contributed by atoms with E-state index >= 15 is 0 Å². The normalized spacial score (nSPS) is 12.2. The Morgan fingerprint density at radius 1 is 1.33 bits per heavy atom. The second-order valence-electron chi connectivity index (χ2n) is 5.97. The Balaban J connectivity index is 2.11. The molecule has 0 aliphatic heterocycles. The number of carbonyl (C=O) groups excluding carboxylic acids is 1. The Labute approximate surface area is 175 Å². The Hall–Kier alpha value is -2.74. The molecular weight excluding hydrogens is 497 g/mol. The second kappa shape index (κ2) is 7.83. The molecular formula is C16H12BrF3N4O5S.